The Balaban J connectivity index is 1.75. The lowest BCUT2D eigenvalue weighted by atomic mass is 10.2. The minimum Gasteiger partial charge on any atom is -0.309 e. The maximum absolute atomic E-state index is 12.6. The second kappa shape index (κ2) is 8.34. The molecule has 2 N–H and O–H groups in total. The molecule has 6 nitrogen and oxygen atoms in total. The molecule has 1 aromatic heterocycles. The first-order chi connectivity index (χ1) is 13.1. The number of nitrogens with zero attached hydrogens (tertiary/aromatic N) is 2. The Kier molecular flexibility index (Phi) is 5.69. The number of benzene rings is 2. The molecule has 0 bridgehead atoms. The number of nitriles is 1. The maximum Gasteiger partial charge on any atom is 0.323 e. The van der Waals surface area contributed by atoms with Crippen molar-refractivity contribution < 1.29 is 4.79 Å². The second-order valence-corrected chi connectivity index (χ2v) is 6.57. The van der Waals surface area contributed by atoms with Crippen LogP contribution in [0.2, 0.25) is 0 Å². The quantitative estimate of drug-likeness (QED) is 0.660. The first-order valence-electron chi connectivity index (χ1n) is 8.08. The zero-order valence-electron chi connectivity index (χ0n) is 14.1. The van der Waals surface area contributed by atoms with Crippen molar-refractivity contribution in [1.82, 2.24) is 4.57 Å². The summed E-state index contributed by atoms with van der Waals surface area (Å²) in [5, 5.41) is 14.1. The van der Waals surface area contributed by atoms with Gasteiger partial charge in [-0.1, -0.05) is 40.2 Å². The molecule has 0 aliphatic heterocycles. The molecule has 0 saturated heterocycles. The molecule has 27 heavy (non-hydrogen) atoms. The van der Waals surface area contributed by atoms with Crippen molar-refractivity contribution in [2.75, 3.05) is 10.6 Å². The number of pyridine rings is 1. The molecule has 0 atom stereocenters. The summed E-state index contributed by atoms with van der Waals surface area (Å²) in [4.78, 5) is 24.8. The highest BCUT2D eigenvalue weighted by molar-refractivity contribution is 9.10. The van der Waals surface area contributed by atoms with Gasteiger partial charge >= 0.3 is 6.03 Å². The summed E-state index contributed by atoms with van der Waals surface area (Å²) in [6, 6.07) is 18.8. The highest BCUT2D eigenvalue weighted by Gasteiger charge is 2.09. The number of carbonyl (C=O) groups is 1. The SMILES string of the molecule is N#Cc1cccc(NC(=O)Nc2cccn(Cc3ccccc3Br)c2=O)c1. The fraction of sp³-hybridized carbons (Fsp3) is 0.0500. The predicted octanol–water partition coefficient (Wildman–Crippen LogP) is 4.17. The molecular weight excluding hydrogens is 408 g/mol. The van der Waals surface area contributed by atoms with Gasteiger partial charge in [0.15, 0.2) is 0 Å². The topological polar surface area (TPSA) is 86.9 Å². The van der Waals surface area contributed by atoms with Crippen LogP contribution in [0.15, 0.2) is 76.1 Å². The van der Waals surface area contributed by atoms with E-state index in [2.05, 4.69) is 26.6 Å². The number of amides is 2. The van der Waals surface area contributed by atoms with Gasteiger partial charge in [0.2, 0.25) is 0 Å². The number of rotatable bonds is 4. The Morgan fingerprint density at radius 2 is 1.89 bits per heavy atom. The zero-order valence-corrected chi connectivity index (χ0v) is 15.7. The summed E-state index contributed by atoms with van der Waals surface area (Å²) in [5.41, 5.74) is 1.71. The average molecular weight is 423 g/mol. The lowest BCUT2D eigenvalue weighted by molar-refractivity contribution is 0.262. The lowest BCUT2D eigenvalue weighted by Gasteiger charge is -2.11. The summed E-state index contributed by atoms with van der Waals surface area (Å²) in [6.07, 6.45) is 1.67. The lowest BCUT2D eigenvalue weighted by Crippen LogP contribution is -2.28. The van der Waals surface area contributed by atoms with Crippen molar-refractivity contribution in [3.8, 4) is 6.07 Å². The molecule has 0 fully saturated rings. The minimum absolute atomic E-state index is 0.165. The molecule has 0 radical (unpaired) electrons. The van der Waals surface area contributed by atoms with Gasteiger partial charge in [-0.25, -0.2) is 4.79 Å². The van der Waals surface area contributed by atoms with E-state index in [1.807, 2.05) is 30.3 Å². The van der Waals surface area contributed by atoms with Gasteiger partial charge in [0.1, 0.15) is 5.69 Å². The van der Waals surface area contributed by atoms with Crippen LogP contribution in [-0.4, -0.2) is 10.6 Å². The van der Waals surface area contributed by atoms with Gasteiger partial charge in [0.05, 0.1) is 18.2 Å². The monoisotopic (exact) mass is 422 g/mol. The Hall–Kier alpha value is -3.37. The summed E-state index contributed by atoms with van der Waals surface area (Å²) in [6.45, 7) is 0.377. The van der Waals surface area contributed by atoms with E-state index in [-0.39, 0.29) is 11.2 Å². The number of halogens is 1. The summed E-state index contributed by atoms with van der Waals surface area (Å²) >= 11 is 3.47. The van der Waals surface area contributed by atoms with E-state index < -0.39 is 6.03 Å². The standard InChI is InChI=1S/C20H15BrN4O2/c21-17-8-2-1-6-15(17)13-25-10-4-9-18(19(25)26)24-20(27)23-16-7-3-5-14(11-16)12-22/h1-11H,13H2,(H2,23,24,27). The van der Waals surface area contributed by atoms with Crippen LogP contribution in [0, 0.1) is 11.3 Å². The number of anilines is 2. The molecular formula is C20H15BrN4O2. The molecule has 0 aliphatic rings. The van der Waals surface area contributed by atoms with Crippen LogP contribution in [0.25, 0.3) is 0 Å². The maximum atomic E-state index is 12.6. The number of nitrogens with one attached hydrogen (secondary N) is 2. The molecule has 2 amide bonds. The normalized spacial score (nSPS) is 10.1. The van der Waals surface area contributed by atoms with E-state index in [1.165, 1.54) is 4.57 Å². The highest BCUT2D eigenvalue weighted by Crippen LogP contribution is 2.16. The smallest absolute Gasteiger partial charge is 0.309 e. The number of aromatic nitrogens is 1. The van der Waals surface area contributed by atoms with Crippen molar-refractivity contribution in [3.63, 3.8) is 0 Å². The molecule has 0 unspecified atom stereocenters. The molecule has 2 aromatic carbocycles. The fourth-order valence-electron chi connectivity index (χ4n) is 2.52. The minimum atomic E-state index is -0.555. The summed E-state index contributed by atoms with van der Waals surface area (Å²) in [5.74, 6) is 0. The van der Waals surface area contributed by atoms with Gasteiger partial charge in [0.25, 0.3) is 5.56 Å². The highest BCUT2D eigenvalue weighted by atomic mass is 79.9. The Morgan fingerprint density at radius 1 is 1.07 bits per heavy atom. The molecule has 0 spiro atoms. The van der Waals surface area contributed by atoms with Crippen LogP contribution in [0.1, 0.15) is 11.1 Å². The van der Waals surface area contributed by atoms with Crippen molar-refractivity contribution in [2.24, 2.45) is 0 Å². The molecule has 0 aliphatic carbocycles. The molecule has 1 heterocycles. The van der Waals surface area contributed by atoms with E-state index in [0.29, 0.717) is 17.8 Å². The van der Waals surface area contributed by atoms with E-state index in [0.717, 1.165) is 10.0 Å². The Morgan fingerprint density at radius 3 is 2.67 bits per heavy atom. The van der Waals surface area contributed by atoms with Crippen LogP contribution in [0.4, 0.5) is 16.2 Å². The second-order valence-electron chi connectivity index (χ2n) is 5.72. The van der Waals surface area contributed by atoms with E-state index in [4.69, 9.17) is 5.26 Å². The zero-order chi connectivity index (χ0) is 19.2. The van der Waals surface area contributed by atoms with Crippen molar-refractivity contribution in [1.29, 1.82) is 5.26 Å². The van der Waals surface area contributed by atoms with Gasteiger partial charge in [0, 0.05) is 16.4 Å². The third-order valence-electron chi connectivity index (χ3n) is 3.82. The molecule has 3 aromatic rings. The van der Waals surface area contributed by atoms with Gasteiger partial charge in [-0.3, -0.25) is 4.79 Å². The van der Waals surface area contributed by atoms with Gasteiger partial charge in [-0.2, -0.15) is 5.26 Å². The third-order valence-corrected chi connectivity index (χ3v) is 4.59. The van der Waals surface area contributed by atoms with Crippen LogP contribution >= 0.6 is 15.9 Å². The van der Waals surface area contributed by atoms with Gasteiger partial charge < -0.3 is 15.2 Å². The van der Waals surface area contributed by atoms with E-state index in [9.17, 15) is 9.59 Å². The number of hydrogen-bond donors (Lipinski definition) is 2. The first kappa shape index (κ1) is 18.4. The summed E-state index contributed by atoms with van der Waals surface area (Å²) < 4.78 is 2.43. The van der Waals surface area contributed by atoms with Crippen LogP contribution in [0.5, 0.6) is 0 Å². The van der Waals surface area contributed by atoms with Crippen molar-refractivity contribution >= 4 is 33.3 Å². The number of urea groups is 1. The molecule has 0 saturated carbocycles. The average Bonchev–Trinajstić information content (AvgIpc) is 2.67. The first-order valence-corrected chi connectivity index (χ1v) is 8.87. The van der Waals surface area contributed by atoms with E-state index >= 15 is 0 Å². The predicted molar refractivity (Wildman–Crippen MR) is 108 cm³/mol. The fourth-order valence-corrected chi connectivity index (χ4v) is 2.93. The van der Waals surface area contributed by atoms with Gasteiger partial charge in [-0.05, 0) is 42.0 Å². The third kappa shape index (κ3) is 4.63. The number of carbonyl (C=O) groups excluding carboxylic acids is 1. The molecule has 134 valence electrons. The van der Waals surface area contributed by atoms with Crippen molar-refractivity contribution in [2.45, 2.75) is 6.54 Å². The van der Waals surface area contributed by atoms with Gasteiger partial charge in [-0.15, -0.1) is 0 Å². The van der Waals surface area contributed by atoms with Crippen LogP contribution in [-0.2, 0) is 6.54 Å². The summed E-state index contributed by atoms with van der Waals surface area (Å²) in [7, 11) is 0. The number of hydrogen-bond acceptors (Lipinski definition) is 3. The molecule has 3 rings (SSSR count). The van der Waals surface area contributed by atoms with E-state index in [1.54, 1.807) is 42.6 Å². The largest absolute Gasteiger partial charge is 0.323 e. The Labute approximate surface area is 164 Å². The van der Waals surface area contributed by atoms with Crippen LogP contribution in [0.3, 0.4) is 0 Å². The van der Waals surface area contributed by atoms with Crippen LogP contribution < -0.4 is 16.2 Å². The molecule has 7 heteroatoms. The Bertz CT molecular complexity index is 1090. The van der Waals surface area contributed by atoms with Crippen molar-refractivity contribution in [3.05, 3.63) is 92.8 Å².